The fourth-order valence-corrected chi connectivity index (χ4v) is 3.25. The van der Waals surface area contributed by atoms with Crippen LogP contribution in [0.15, 0.2) is 24.5 Å². The van der Waals surface area contributed by atoms with Crippen LogP contribution in [0.3, 0.4) is 0 Å². The second-order valence-corrected chi connectivity index (χ2v) is 6.60. The Kier molecular flexibility index (Phi) is 8.14. The van der Waals surface area contributed by atoms with Gasteiger partial charge in [0.15, 0.2) is 6.29 Å². The molecule has 11 nitrogen and oxygen atoms in total. The maximum atomic E-state index is 12.1. The number of aliphatic hydroxyl groups excluding tert-OH is 4. The second-order valence-electron chi connectivity index (χ2n) is 6.60. The molecule has 2 heterocycles. The third kappa shape index (κ3) is 4.94. The van der Waals surface area contributed by atoms with Gasteiger partial charge in [-0.05, 0) is 0 Å². The van der Waals surface area contributed by atoms with Gasteiger partial charge in [-0.15, -0.1) is 6.58 Å². The molecule has 0 saturated carbocycles. The number of aliphatic hydroxyl groups is 4. The molecule has 2 rings (SSSR count). The Bertz CT molecular complexity index is 631. The highest BCUT2D eigenvalue weighted by Crippen LogP contribution is 2.37. The molecule has 0 spiro atoms. The highest BCUT2D eigenvalue weighted by Gasteiger charge is 2.47. The Labute approximate surface area is 167 Å². The first-order chi connectivity index (χ1) is 13.8. The zero-order chi connectivity index (χ0) is 21.7. The van der Waals surface area contributed by atoms with Crippen molar-refractivity contribution in [2.75, 3.05) is 20.8 Å². The maximum Gasteiger partial charge on any atom is 0.337 e. The Morgan fingerprint density at radius 2 is 1.83 bits per heavy atom. The van der Waals surface area contributed by atoms with Crippen LogP contribution in [-0.4, -0.2) is 90.2 Å². The number of hydrogen-bond donors (Lipinski definition) is 4. The van der Waals surface area contributed by atoms with Gasteiger partial charge in [0.2, 0.25) is 6.29 Å². The van der Waals surface area contributed by atoms with Crippen molar-refractivity contribution in [3.8, 4) is 0 Å². The molecule has 0 aromatic carbocycles. The highest BCUT2D eigenvalue weighted by atomic mass is 16.8. The molecule has 0 bridgehead atoms. The second kappa shape index (κ2) is 10.1. The minimum atomic E-state index is -1.65. The fourth-order valence-electron chi connectivity index (χ4n) is 3.25. The van der Waals surface area contributed by atoms with Crippen LogP contribution in [0.5, 0.6) is 0 Å². The van der Waals surface area contributed by atoms with Gasteiger partial charge in [0, 0.05) is 11.8 Å². The monoisotopic (exact) mass is 418 g/mol. The lowest BCUT2D eigenvalue weighted by Crippen LogP contribution is -2.60. The van der Waals surface area contributed by atoms with E-state index in [2.05, 4.69) is 11.3 Å². The van der Waals surface area contributed by atoms with Gasteiger partial charge in [-0.25, -0.2) is 4.79 Å². The smallest absolute Gasteiger partial charge is 0.337 e. The van der Waals surface area contributed by atoms with Crippen LogP contribution >= 0.6 is 0 Å². The molecule has 11 heteroatoms. The molecule has 0 radical (unpaired) electrons. The van der Waals surface area contributed by atoms with Crippen LogP contribution in [0.1, 0.15) is 6.42 Å². The van der Waals surface area contributed by atoms with E-state index in [1.165, 1.54) is 20.3 Å². The van der Waals surface area contributed by atoms with Crippen molar-refractivity contribution in [3.63, 3.8) is 0 Å². The number of ether oxygens (including phenoxy) is 5. The normalized spacial score (nSPS) is 37.1. The van der Waals surface area contributed by atoms with Gasteiger partial charge >= 0.3 is 11.9 Å². The third-order valence-electron chi connectivity index (χ3n) is 4.93. The number of carbonyl (C=O) groups is 2. The Morgan fingerprint density at radius 1 is 1.14 bits per heavy atom. The standard InChI is InChI=1S/C18H26O11/c1-4-8-9(5-12(20)25-2)10(16(24)26-3)7-27-17(8)29-18-15(23)14(22)13(21)11(6-19)28-18/h4,7-9,11,13-15,17-19,21-23H,1,5-6H2,2-3H3/t8-,9+,11?,13?,14?,15?,17?,18?/m1/s1. The van der Waals surface area contributed by atoms with Crippen molar-refractivity contribution in [1.82, 2.24) is 0 Å². The summed E-state index contributed by atoms with van der Waals surface area (Å²) in [7, 11) is 2.38. The van der Waals surface area contributed by atoms with Crippen molar-refractivity contribution >= 4 is 11.9 Å². The lowest BCUT2D eigenvalue weighted by Gasteiger charge is -2.42. The lowest BCUT2D eigenvalue weighted by molar-refractivity contribution is -0.339. The molecule has 8 atom stereocenters. The van der Waals surface area contributed by atoms with Gasteiger partial charge in [-0.2, -0.15) is 0 Å². The zero-order valence-electron chi connectivity index (χ0n) is 16.0. The summed E-state index contributed by atoms with van der Waals surface area (Å²) >= 11 is 0. The molecular formula is C18H26O11. The van der Waals surface area contributed by atoms with Crippen molar-refractivity contribution in [1.29, 1.82) is 0 Å². The Balaban J connectivity index is 2.25. The van der Waals surface area contributed by atoms with E-state index in [0.717, 1.165) is 6.26 Å². The van der Waals surface area contributed by atoms with E-state index in [9.17, 15) is 30.0 Å². The van der Waals surface area contributed by atoms with E-state index in [4.69, 9.17) is 18.9 Å². The van der Waals surface area contributed by atoms with Crippen molar-refractivity contribution in [3.05, 3.63) is 24.5 Å². The molecule has 0 aliphatic carbocycles. The molecule has 1 fully saturated rings. The Morgan fingerprint density at radius 3 is 2.38 bits per heavy atom. The van der Waals surface area contributed by atoms with Gasteiger partial charge < -0.3 is 44.1 Å². The highest BCUT2D eigenvalue weighted by molar-refractivity contribution is 5.90. The summed E-state index contributed by atoms with van der Waals surface area (Å²) in [4.78, 5) is 23.9. The molecule has 6 unspecified atom stereocenters. The van der Waals surface area contributed by atoms with E-state index in [1.54, 1.807) is 0 Å². The summed E-state index contributed by atoms with van der Waals surface area (Å²) in [5.41, 5.74) is 0.0662. The maximum absolute atomic E-state index is 12.1. The third-order valence-corrected chi connectivity index (χ3v) is 4.93. The molecule has 164 valence electrons. The number of esters is 2. The minimum absolute atomic E-state index is 0.0662. The minimum Gasteiger partial charge on any atom is -0.471 e. The number of hydrogen-bond acceptors (Lipinski definition) is 11. The Hall–Kier alpha value is -2.02. The number of rotatable bonds is 7. The summed E-state index contributed by atoms with van der Waals surface area (Å²) in [6.07, 6.45) is -6.36. The van der Waals surface area contributed by atoms with E-state index < -0.39 is 67.4 Å². The van der Waals surface area contributed by atoms with Crippen molar-refractivity contribution in [2.45, 2.75) is 43.4 Å². The van der Waals surface area contributed by atoms with E-state index in [-0.39, 0.29) is 12.0 Å². The summed E-state index contributed by atoms with van der Waals surface area (Å²) in [6.45, 7) is 3.06. The first-order valence-corrected chi connectivity index (χ1v) is 8.88. The molecule has 0 amide bonds. The average molecular weight is 418 g/mol. The van der Waals surface area contributed by atoms with Gasteiger partial charge in [0.1, 0.15) is 24.4 Å². The van der Waals surface area contributed by atoms with E-state index in [1.807, 2.05) is 0 Å². The molecule has 29 heavy (non-hydrogen) atoms. The van der Waals surface area contributed by atoms with Crippen molar-refractivity contribution < 1.29 is 53.7 Å². The van der Waals surface area contributed by atoms with Crippen LogP contribution in [0, 0.1) is 11.8 Å². The lowest BCUT2D eigenvalue weighted by atomic mass is 9.81. The van der Waals surface area contributed by atoms with E-state index in [0.29, 0.717) is 0 Å². The number of methoxy groups -OCH3 is 2. The zero-order valence-corrected chi connectivity index (χ0v) is 16.0. The van der Waals surface area contributed by atoms with E-state index >= 15 is 0 Å². The molecule has 1 saturated heterocycles. The predicted molar refractivity (Wildman–Crippen MR) is 93.6 cm³/mol. The largest absolute Gasteiger partial charge is 0.471 e. The first kappa shape index (κ1) is 23.3. The molecule has 2 aliphatic heterocycles. The molecule has 0 aromatic heterocycles. The van der Waals surface area contributed by atoms with Gasteiger partial charge in [-0.1, -0.05) is 6.08 Å². The summed E-state index contributed by atoms with van der Waals surface area (Å²) < 4.78 is 25.7. The van der Waals surface area contributed by atoms with Gasteiger partial charge in [0.05, 0.1) is 39.1 Å². The van der Waals surface area contributed by atoms with Crippen LogP contribution < -0.4 is 0 Å². The molecule has 4 N–H and O–H groups in total. The van der Waals surface area contributed by atoms with Gasteiger partial charge in [-0.3, -0.25) is 4.79 Å². The molecule has 2 aliphatic rings. The van der Waals surface area contributed by atoms with Crippen LogP contribution in [0.4, 0.5) is 0 Å². The molecular weight excluding hydrogens is 392 g/mol. The van der Waals surface area contributed by atoms with Crippen LogP contribution in [0.25, 0.3) is 0 Å². The average Bonchev–Trinajstić information content (AvgIpc) is 2.73. The summed E-state index contributed by atoms with van der Waals surface area (Å²) in [5, 5.41) is 39.2. The predicted octanol–water partition coefficient (Wildman–Crippen LogP) is -1.80. The summed E-state index contributed by atoms with van der Waals surface area (Å²) in [6, 6.07) is 0. The SMILES string of the molecule is C=C[C@H]1C(OC2OC(CO)C(O)C(O)C2O)OC=C(C(=O)OC)[C@H]1CC(=O)OC. The number of carbonyl (C=O) groups excluding carboxylic acids is 2. The van der Waals surface area contributed by atoms with Crippen LogP contribution in [-0.2, 0) is 33.3 Å². The van der Waals surface area contributed by atoms with Crippen molar-refractivity contribution in [2.24, 2.45) is 11.8 Å². The molecule has 0 aromatic rings. The topological polar surface area (TPSA) is 161 Å². The fraction of sp³-hybridized carbons (Fsp3) is 0.667. The summed E-state index contributed by atoms with van der Waals surface area (Å²) in [5.74, 6) is -2.83. The van der Waals surface area contributed by atoms with Gasteiger partial charge in [0.25, 0.3) is 0 Å². The quantitative estimate of drug-likeness (QED) is 0.273. The van der Waals surface area contributed by atoms with Crippen LogP contribution in [0.2, 0.25) is 0 Å². The first-order valence-electron chi connectivity index (χ1n) is 8.88.